The van der Waals surface area contributed by atoms with E-state index in [-0.39, 0.29) is 24.2 Å². The van der Waals surface area contributed by atoms with E-state index < -0.39 is 0 Å². The molecule has 0 bridgehead atoms. The Hall–Kier alpha value is -2.24. The minimum Gasteiger partial charge on any atom is -0.493 e. The molecule has 1 aliphatic rings. The van der Waals surface area contributed by atoms with Crippen LogP contribution in [0.2, 0.25) is 0 Å². The van der Waals surface area contributed by atoms with Crippen molar-refractivity contribution in [1.29, 1.82) is 0 Å². The maximum Gasteiger partial charge on any atom is 0.225 e. The summed E-state index contributed by atoms with van der Waals surface area (Å²) in [5.74, 6) is 0.982. The third kappa shape index (κ3) is 4.40. The largest absolute Gasteiger partial charge is 0.493 e. The lowest BCUT2D eigenvalue weighted by atomic mass is 9.98. The summed E-state index contributed by atoms with van der Waals surface area (Å²) in [4.78, 5) is 26.2. The molecule has 132 valence electrons. The molecule has 0 aliphatic carbocycles. The van der Waals surface area contributed by atoms with E-state index in [1.165, 1.54) is 0 Å². The van der Waals surface area contributed by atoms with Gasteiger partial charge < -0.3 is 19.7 Å². The van der Waals surface area contributed by atoms with Gasteiger partial charge in [-0.3, -0.25) is 9.59 Å². The topological polar surface area (TPSA) is 67.9 Å². The van der Waals surface area contributed by atoms with Crippen molar-refractivity contribution in [2.45, 2.75) is 32.2 Å². The van der Waals surface area contributed by atoms with Crippen molar-refractivity contribution in [2.24, 2.45) is 5.92 Å². The van der Waals surface area contributed by atoms with Gasteiger partial charge >= 0.3 is 0 Å². The second kappa shape index (κ2) is 8.57. The van der Waals surface area contributed by atoms with Crippen molar-refractivity contribution in [3.8, 4) is 11.5 Å². The molecule has 1 N–H and O–H groups in total. The van der Waals surface area contributed by atoms with Crippen molar-refractivity contribution >= 4 is 11.8 Å². The number of ether oxygens (including phenoxy) is 2. The molecule has 0 radical (unpaired) electrons. The maximum atomic E-state index is 12.2. The molecule has 1 aromatic carbocycles. The average Bonchev–Trinajstić information content (AvgIpc) is 2.75. The van der Waals surface area contributed by atoms with E-state index in [0.29, 0.717) is 18.0 Å². The number of amides is 2. The summed E-state index contributed by atoms with van der Waals surface area (Å²) in [6.45, 7) is 1.12. The van der Waals surface area contributed by atoms with Gasteiger partial charge in [0, 0.05) is 38.0 Å². The zero-order valence-corrected chi connectivity index (χ0v) is 14.6. The number of nitrogens with zero attached hydrogens (tertiary/aromatic N) is 1. The quantitative estimate of drug-likeness (QED) is 0.864. The molecule has 1 unspecified atom stereocenters. The molecule has 2 amide bonds. The Labute approximate surface area is 143 Å². The van der Waals surface area contributed by atoms with Crippen LogP contribution >= 0.6 is 0 Å². The number of nitrogens with one attached hydrogen (secondary N) is 1. The fraction of sp³-hybridized carbons (Fsp3) is 0.556. The third-order valence-electron chi connectivity index (χ3n) is 4.41. The van der Waals surface area contributed by atoms with E-state index in [1.54, 1.807) is 26.2 Å². The Bertz CT molecular complexity index is 588. The zero-order chi connectivity index (χ0) is 17.5. The fourth-order valence-electron chi connectivity index (χ4n) is 3.06. The first kappa shape index (κ1) is 18.1. The van der Waals surface area contributed by atoms with Crippen LogP contribution in [0.15, 0.2) is 18.2 Å². The van der Waals surface area contributed by atoms with E-state index in [1.807, 2.05) is 18.2 Å². The minimum absolute atomic E-state index is 0.0709. The summed E-state index contributed by atoms with van der Waals surface area (Å²) in [5.41, 5.74) is 0.842. The molecule has 1 saturated heterocycles. The average molecular weight is 334 g/mol. The lowest BCUT2D eigenvalue weighted by Crippen LogP contribution is -2.35. The Morgan fingerprint density at radius 1 is 1.29 bits per heavy atom. The minimum atomic E-state index is -0.218. The molecule has 0 aromatic heterocycles. The zero-order valence-electron chi connectivity index (χ0n) is 14.6. The summed E-state index contributed by atoms with van der Waals surface area (Å²) in [5, 5.41) is 2.88. The van der Waals surface area contributed by atoms with Gasteiger partial charge in [0.05, 0.1) is 14.2 Å². The number of methoxy groups -OCH3 is 2. The Morgan fingerprint density at radius 2 is 2.08 bits per heavy atom. The molecule has 1 aromatic rings. The number of carbonyl (C=O) groups is 2. The van der Waals surface area contributed by atoms with Gasteiger partial charge in [-0.1, -0.05) is 18.6 Å². The number of para-hydroxylation sites is 1. The molecule has 1 heterocycles. The second-order valence-corrected chi connectivity index (χ2v) is 6.09. The smallest absolute Gasteiger partial charge is 0.225 e. The highest BCUT2D eigenvalue weighted by atomic mass is 16.5. The highest BCUT2D eigenvalue weighted by Crippen LogP contribution is 2.30. The predicted octanol–water partition coefficient (Wildman–Crippen LogP) is 1.97. The molecule has 0 saturated carbocycles. The Morgan fingerprint density at radius 3 is 2.79 bits per heavy atom. The first-order chi connectivity index (χ1) is 11.6. The third-order valence-corrected chi connectivity index (χ3v) is 4.41. The molecule has 6 heteroatoms. The van der Waals surface area contributed by atoms with Crippen LogP contribution in [0.3, 0.4) is 0 Å². The number of benzene rings is 1. The summed E-state index contributed by atoms with van der Waals surface area (Å²) >= 11 is 0. The van der Waals surface area contributed by atoms with Crippen LogP contribution in [-0.4, -0.2) is 44.5 Å². The maximum absolute atomic E-state index is 12.2. The van der Waals surface area contributed by atoms with Crippen LogP contribution in [0.1, 0.15) is 31.2 Å². The van der Waals surface area contributed by atoms with Crippen LogP contribution in [0.25, 0.3) is 0 Å². The summed E-state index contributed by atoms with van der Waals surface area (Å²) in [6.07, 6.45) is 2.99. The standard InChI is InChI=1S/C18H26N2O4/c1-20-10-5-4-7-13(18(20)22)11-16(21)19-12-14-8-6-9-15(23-2)17(14)24-3/h6,8-9,13H,4-5,7,10-12H2,1-3H3,(H,19,21). The van der Waals surface area contributed by atoms with Crippen molar-refractivity contribution in [3.05, 3.63) is 23.8 Å². The molecule has 1 fully saturated rings. The van der Waals surface area contributed by atoms with Gasteiger partial charge in [0.2, 0.25) is 11.8 Å². The number of likely N-dealkylation sites (tertiary alicyclic amines) is 1. The highest BCUT2D eigenvalue weighted by Gasteiger charge is 2.26. The number of hydrogen-bond acceptors (Lipinski definition) is 4. The Balaban J connectivity index is 1.95. The summed E-state index contributed by atoms with van der Waals surface area (Å²) in [6, 6.07) is 5.54. The molecule has 2 rings (SSSR count). The summed E-state index contributed by atoms with van der Waals surface area (Å²) < 4.78 is 10.6. The van der Waals surface area contributed by atoms with Crippen LogP contribution in [0.5, 0.6) is 11.5 Å². The van der Waals surface area contributed by atoms with Crippen LogP contribution in [-0.2, 0) is 16.1 Å². The van der Waals surface area contributed by atoms with E-state index in [0.717, 1.165) is 31.4 Å². The van der Waals surface area contributed by atoms with E-state index in [2.05, 4.69) is 5.32 Å². The SMILES string of the molecule is COc1cccc(CNC(=O)CC2CCCCN(C)C2=O)c1OC. The van der Waals surface area contributed by atoms with Crippen LogP contribution < -0.4 is 14.8 Å². The highest BCUT2D eigenvalue weighted by molar-refractivity contribution is 5.85. The molecule has 1 aliphatic heterocycles. The lowest BCUT2D eigenvalue weighted by molar-refractivity contribution is -0.136. The number of rotatable bonds is 6. The first-order valence-corrected chi connectivity index (χ1v) is 8.28. The van der Waals surface area contributed by atoms with Gasteiger partial charge in [-0.15, -0.1) is 0 Å². The molecule has 24 heavy (non-hydrogen) atoms. The summed E-state index contributed by atoms with van der Waals surface area (Å²) in [7, 11) is 4.96. The Kier molecular flexibility index (Phi) is 6.46. The van der Waals surface area contributed by atoms with Crippen molar-refractivity contribution in [1.82, 2.24) is 10.2 Å². The van der Waals surface area contributed by atoms with Crippen molar-refractivity contribution in [2.75, 3.05) is 27.8 Å². The second-order valence-electron chi connectivity index (χ2n) is 6.09. The fourth-order valence-corrected chi connectivity index (χ4v) is 3.06. The van der Waals surface area contributed by atoms with Crippen molar-refractivity contribution in [3.63, 3.8) is 0 Å². The van der Waals surface area contributed by atoms with Crippen LogP contribution in [0.4, 0.5) is 0 Å². The van der Waals surface area contributed by atoms with Crippen LogP contribution in [0, 0.1) is 5.92 Å². The van der Waals surface area contributed by atoms with Gasteiger partial charge in [-0.05, 0) is 18.9 Å². The molecule has 6 nitrogen and oxygen atoms in total. The van der Waals surface area contributed by atoms with Gasteiger partial charge in [0.25, 0.3) is 0 Å². The van der Waals surface area contributed by atoms with Gasteiger partial charge in [-0.25, -0.2) is 0 Å². The van der Waals surface area contributed by atoms with Gasteiger partial charge in [0.15, 0.2) is 11.5 Å². The molecular weight excluding hydrogens is 308 g/mol. The number of hydrogen-bond donors (Lipinski definition) is 1. The predicted molar refractivity (Wildman–Crippen MR) is 91.0 cm³/mol. The monoisotopic (exact) mass is 334 g/mol. The molecular formula is C18H26N2O4. The van der Waals surface area contributed by atoms with E-state index in [9.17, 15) is 9.59 Å². The number of carbonyl (C=O) groups excluding carboxylic acids is 2. The van der Waals surface area contributed by atoms with E-state index in [4.69, 9.17) is 9.47 Å². The normalized spacial score (nSPS) is 18.0. The van der Waals surface area contributed by atoms with E-state index >= 15 is 0 Å². The first-order valence-electron chi connectivity index (χ1n) is 8.28. The molecule has 1 atom stereocenters. The van der Waals surface area contributed by atoms with Gasteiger partial charge in [0.1, 0.15) is 0 Å². The molecule has 0 spiro atoms. The lowest BCUT2D eigenvalue weighted by Gasteiger charge is -2.19. The van der Waals surface area contributed by atoms with Gasteiger partial charge in [-0.2, -0.15) is 0 Å². The van der Waals surface area contributed by atoms with Crippen molar-refractivity contribution < 1.29 is 19.1 Å².